The first kappa shape index (κ1) is 12.9. The molecule has 0 spiro atoms. The number of hydrogen-bond donors (Lipinski definition) is 0. The van der Waals surface area contributed by atoms with Crippen LogP contribution in [-0.4, -0.2) is 47.6 Å². The van der Waals surface area contributed by atoms with Crippen molar-refractivity contribution in [3.05, 3.63) is 0 Å². The summed E-state index contributed by atoms with van der Waals surface area (Å²) in [6.45, 7) is 8.90. The van der Waals surface area contributed by atoms with Gasteiger partial charge in [0.2, 0.25) is 0 Å². The Bertz CT molecular complexity index is 274. The van der Waals surface area contributed by atoms with Crippen molar-refractivity contribution >= 4 is 0 Å². The van der Waals surface area contributed by atoms with Gasteiger partial charge in [0.25, 0.3) is 0 Å². The maximum absolute atomic E-state index is 2.87. The standard InChI is InChI=1S/C16H30N2/c1-3-15(10-14-7-8-14)18-12-16-6-4-5-9-17(16)11-13(18)2/h13-16H,3-12H2,1-2H3. The first-order chi connectivity index (χ1) is 8.78. The molecular weight excluding hydrogens is 220 g/mol. The van der Waals surface area contributed by atoms with Gasteiger partial charge in [-0.1, -0.05) is 26.2 Å². The Morgan fingerprint density at radius 2 is 1.94 bits per heavy atom. The zero-order chi connectivity index (χ0) is 12.5. The second-order valence-corrected chi connectivity index (χ2v) is 6.93. The molecule has 2 nitrogen and oxygen atoms in total. The Labute approximate surface area is 113 Å². The summed E-state index contributed by atoms with van der Waals surface area (Å²) < 4.78 is 0. The number of rotatable bonds is 4. The second-order valence-electron chi connectivity index (χ2n) is 6.93. The van der Waals surface area contributed by atoms with Gasteiger partial charge in [-0.2, -0.15) is 0 Å². The fourth-order valence-corrected chi connectivity index (χ4v) is 4.16. The maximum Gasteiger partial charge on any atom is 0.0224 e. The third-order valence-electron chi connectivity index (χ3n) is 5.48. The lowest BCUT2D eigenvalue weighted by molar-refractivity contribution is -0.0117. The lowest BCUT2D eigenvalue weighted by Gasteiger charge is -2.50. The summed E-state index contributed by atoms with van der Waals surface area (Å²) in [7, 11) is 0. The van der Waals surface area contributed by atoms with Crippen LogP contribution in [0.3, 0.4) is 0 Å². The van der Waals surface area contributed by atoms with E-state index in [0.717, 1.165) is 24.0 Å². The summed E-state index contributed by atoms with van der Waals surface area (Å²) >= 11 is 0. The van der Waals surface area contributed by atoms with Crippen molar-refractivity contribution in [2.45, 2.75) is 76.9 Å². The minimum Gasteiger partial charge on any atom is -0.298 e. The molecule has 0 radical (unpaired) electrons. The van der Waals surface area contributed by atoms with E-state index in [0.29, 0.717) is 0 Å². The van der Waals surface area contributed by atoms with E-state index in [2.05, 4.69) is 23.6 Å². The number of hydrogen-bond acceptors (Lipinski definition) is 2. The van der Waals surface area contributed by atoms with Gasteiger partial charge in [0, 0.05) is 31.2 Å². The Morgan fingerprint density at radius 1 is 1.11 bits per heavy atom. The van der Waals surface area contributed by atoms with Crippen molar-refractivity contribution in [3.63, 3.8) is 0 Å². The molecule has 0 amide bonds. The van der Waals surface area contributed by atoms with E-state index >= 15 is 0 Å². The van der Waals surface area contributed by atoms with Crippen LogP contribution in [0.2, 0.25) is 0 Å². The maximum atomic E-state index is 2.87. The molecule has 3 unspecified atom stereocenters. The normalized spacial score (nSPS) is 36.3. The number of piperazine rings is 1. The molecule has 3 atom stereocenters. The van der Waals surface area contributed by atoms with E-state index in [1.807, 2.05) is 0 Å². The van der Waals surface area contributed by atoms with Crippen LogP contribution in [0.15, 0.2) is 0 Å². The van der Waals surface area contributed by atoms with Crippen LogP contribution in [0.5, 0.6) is 0 Å². The average molecular weight is 250 g/mol. The highest BCUT2D eigenvalue weighted by atomic mass is 15.3. The Hall–Kier alpha value is -0.0800. The van der Waals surface area contributed by atoms with Gasteiger partial charge in [0.1, 0.15) is 0 Å². The Balaban J connectivity index is 1.62. The zero-order valence-electron chi connectivity index (χ0n) is 12.3. The van der Waals surface area contributed by atoms with Crippen LogP contribution < -0.4 is 0 Å². The lowest BCUT2D eigenvalue weighted by Crippen LogP contribution is -2.61. The van der Waals surface area contributed by atoms with Gasteiger partial charge in [-0.25, -0.2) is 0 Å². The summed E-state index contributed by atoms with van der Waals surface area (Å²) in [6.07, 6.45) is 10.2. The Morgan fingerprint density at radius 3 is 2.67 bits per heavy atom. The topological polar surface area (TPSA) is 6.48 Å². The van der Waals surface area contributed by atoms with Crippen molar-refractivity contribution in [2.75, 3.05) is 19.6 Å². The smallest absolute Gasteiger partial charge is 0.0224 e. The SMILES string of the molecule is CCC(CC1CC1)N1CC2CCCCN2CC1C. The highest BCUT2D eigenvalue weighted by Gasteiger charge is 2.37. The highest BCUT2D eigenvalue weighted by molar-refractivity contribution is 4.93. The van der Waals surface area contributed by atoms with Crippen molar-refractivity contribution in [1.82, 2.24) is 9.80 Å². The van der Waals surface area contributed by atoms with Gasteiger partial charge in [0.15, 0.2) is 0 Å². The van der Waals surface area contributed by atoms with Crippen LogP contribution in [0, 0.1) is 5.92 Å². The van der Waals surface area contributed by atoms with Gasteiger partial charge in [0.05, 0.1) is 0 Å². The molecular formula is C16H30N2. The minimum atomic E-state index is 0.781. The molecule has 2 heterocycles. The van der Waals surface area contributed by atoms with Crippen LogP contribution in [0.25, 0.3) is 0 Å². The fourth-order valence-electron chi connectivity index (χ4n) is 4.16. The third-order valence-corrected chi connectivity index (χ3v) is 5.48. The first-order valence-corrected chi connectivity index (χ1v) is 8.27. The van der Waals surface area contributed by atoms with E-state index < -0.39 is 0 Å². The van der Waals surface area contributed by atoms with E-state index in [9.17, 15) is 0 Å². The molecule has 3 rings (SSSR count). The predicted molar refractivity (Wildman–Crippen MR) is 76.8 cm³/mol. The van der Waals surface area contributed by atoms with E-state index in [4.69, 9.17) is 0 Å². The predicted octanol–water partition coefficient (Wildman–Crippen LogP) is 3.12. The Kier molecular flexibility index (Phi) is 3.95. The van der Waals surface area contributed by atoms with Gasteiger partial charge >= 0.3 is 0 Å². The summed E-state index contributed by atoms with van der Waals surface area (Å²) in [5, 5.41) is 0. The number of piperidine rings is 1. The number of nitrogens with zero attached hydrogens (tertiary/aromatic N) is 2. The molecule has 0 aromatic carbocycles. The summed E-state index contributed by atoms with van der Waals surface area (Å²) in [5.74, 6) is 1.08. The van der Waals surface area contributed by atoms with Crippen LogP contribution in [0.4, 0.5) is 0 Å². The molecule has 2 heteroatoms. The minimum absolute atomic E-state index is 0.781. The second kappa shape index (κ2) is 5.50. The lowest BCUT2D eigenvalue weighted by atomic mass is 9.94. The molecule has 2 aliphatic heterocycles. The van der Waals surface area contributed by atoms with Gasteiger partial charge in [-0.15, -0.1) is 0 Å². The van der Waals surface area contributed by atoms with Crippen molar-refractivity contribution in [2.24, 2.45) is 5.92 Å². The van der Waals surface area contributed by atoms with Crippen molar-refractivity contribution in [1.29, 1.82) is 0 Å². The van der Waals surface area contributed by atoms with Crippen LogP contribution >= 0.6 is 0 Å². The molecule has 1 saturated carbocycles. The monoisotopic (exact) mass is 250 g/mol. The molecule has 104 valence electrons. The molecule has 18 heavy (non-hydrogen) atoms. The van der Waals surface area contributed by atoms with E-state index in [1.165, 1.54) is 64.6 Å². The van der Waals surface area contributed by atoms with Gasteiger partial charge in [-0.3, -0.25) is 9.80 Å². The molecule has 3 fully saturated rings. The molecule has 3 aliphatic rings. The molecule has 0 aromatic heterocycles. The summed E-state index contributed by atoms with van der Waals surface area (Å²) in [4.78, 5) is 5.64. The summed E-state index contributed by atoms with van der Waals surface area (Å²) in [6, 6.07) is 2.53. The van der Waals surface area contributed by atoms with E-state index in [-0.39, 0.29) is 0 Å². The average Bonchev–Trinajstić information content (AvgIpc) is 3.19. The van der Waals surface area contributed by atoms with Gasteiger partial charge in [-0.05, 0) is 45.1 Å². The highest BCUT2D eigenvalue weighted by Crippen LogP contribution is 2.37. The largest absolute Gasteiger partial charge is 0.298 e. The van der Waals surface area contributed by atoms with Gasteiger partial charge < -0.3 is 0 Å². The summed E-state index contributed by atoms with van der Waals surface area (Å²) in [5.41, 5.74) is 0. The van der Waals surface area contributed by atoms with E-state index in [1.54, 1.807) is 0 Å². The molecule has 0 aromatic rings. The van der Waals surface area contributed by atoms with Crippen molar-refractivity contribution in [3.8, 4) is 0 Å². The molecule has 1 aliphatic carbocycles. The number of fused-ring (bicyclic) bond motifs is 1. The van der Waals surface area contributed by atoms with Crippen LogP contribution in [0.1, 0.15) is 58.8 Å². The first-order valence-electron chi connectivity index (χ1n) is 8.27. The quantitative estimate of drug-likeness (QED) is 0.756. The third kappa shape index (κ3) is 2.75. The van der Waals surface area contributed by atoms with Crippen molar-refractivity contribution < 1.29 is 0 Å². The van der Waals surface area contributed by atoms with Crippen LogP contribution in [-0.2, 0) is 0 Å². The zero-order valence-corrected chi connectivity index (χ0v) is 12.3. The molecule has 2 saturated heterocycles. The fraction of sp³-hybridized carbons (Fsp3) is 1.00. The molecule has 0 bridgehead atoms. The molecule has 0 N–H and O–H groups in total.